The summed E-state index contributed by atoms with van der Waals surface area (Å²) in [7, 11) is 2.97. The SMILES string of the molecule is COc1cc(OC)cc(-c2nn(-c3cc(N4CCC(O)C4)ccc3C(F)(F)F)c(=O)c3c2CCN3CCO)c1. The van der Waals surface area contributed by atoms with Crippen LogP contribution in [0.15, 0.2) is 41.2 Å². The summed E-state index contributed by atoms with van der Waals surface area (Å²) in [6.07, 6.45) is -4.43. The van der Waals surface area contributed by atoms with Crippen LogP contribution in [-0.4, -0.2) is 73.1 Å². The molecule has 1 fully saturated rings. The number of aliphatic hydroxyl groups is 2. The number of alkyl halides is 3. The van der Waals surface area contributed by atoms with E-state index in [0.29, 0.717) is 59.9 Å². The summed E-state index contributed by atoms with van der Waals surface area (Å²) in [5.41, 5.74) is -0.0908. The van der Waals surface area contributed by atoms with E-state index in [0.717, 1.165) is 10.7 Å². The first-order valence-electron chi connectivity index (χ1n) is 12.5. The first-order valence-corrected chi connectivity index (χ1v) is 12.5. The van der Waals surface area contributed by atoms with Crippen LogP contribution < -0.4 is 24.8 Å². The second kappa shape index (κ2) is 10.4. The molecule has 0 radical (unpaired) electrons. The number of methoxy groups -OCH3 is 2. The molecule has 9 nitrogen and oxygen atoms in total. The molecule has 1 aromatic heterocycles. The van der Waals surface area contributed by atoms with Gasteiger partial charge in [0, 0.05) is 49.1 Å². The minimum absolute atomic E-state index is 0.144. The summed E-state index contributed by atoms with van der Waals surface area (Å²) in [6, 6.07) is 8.60. The maximum absolute atomic E-state index is 14.3. The molecule has 5 rings (SSSR count). The topological polar surface area (TPSA) is 100 Å². The van der Waals surface area contributed by atoms with Crippen LogP contribution in [-0.2, 0) is 12.6 Å². The van der Waals surface area contributed by atoms with Gasteiger partial charge in [0.25, 0.3) is 5.56 Å². The Kier molecular flexibility index (Phi) is 7.17. The Hall–Kier alpha value is -3.77. The lowest BCUT2D eigenvalue weighted by Gasteiger charge is -2.23. The molecule has 1 atom stereocenters. The maximum atomic E-state index is 14.3. The zero-order chi connectivity index (χ0) is 27.9. The van der Waals surface area contributed by atoms with Gasteiger partial charge in [0.15, 0.2) is 0 Å². The molecular formula is C27H29F3N4O5. The van der Waals surface area contributed by atoms with E-state index in [1.54, 1.807) is 28.0 Å². The number of fused-ring (bicyclic) bond motifs is 1. The van der Waals surface area contributed by atoms with Crippen molar-refractivity contribution in [2.45, 2.75) is 25.1 Å². The quantitative estimate of drug-likeness (QED) is 0.467. The molecule has 3 heterocycles. The number of β-amino-alcohol motifs (C(OH)–C–C–N with tert-alkyl or cyclic N) is 2. The molecule has 3 aromatic rings. The van der Waals surface area contributed by atoms with Gasteiger partial charge in [-0.3, -0.25) is 4.79 Å². The van der Waals surface area contributed by atoms with E-state index in [9.17, 15) is 28.2 Å². The third-order valence-electron chi connectivity index (χ3n) is 7.15. The predicted octanol–water partition coefficient (Wildman–Crippen LogP) is 2.86. The van der Waals surface area contributed by atoms with Crippen molar-refractivity contribution in [2.75, 3.05) is 56.8 Å². The summed E-state index contributed by atoms with van der Waals surface area (Å²) >= 11 is 0. The number of ether oxygens (including phenoxy) is 2. The number of rotatable bonds is 7. The number of benzene rings is 2. The third-order valence-corrected chi connectivity index (χ3v) is 7.15. The number of nitrogens with zero attached hydrogens (tertiary/aromatic N) is 4. The Labute approximate surface area is 222 Å². The molecule has 0 bridgehead atoms. The molecule has 12 heteroatoms. The number of aliphatic hydroxyl groups excluding tert-OH is 2. The van der Waals surface area contributed by atoms with Gasteiger partial charge < -0.3 is 29.5 Å². The molecular weight excluding hydrogens is 517 g/mol. The molecule has 39 heavy (non-hydrogen) atoms. The van der Waals surface area contributed by atoms with Crippen LogP contribution in [0.4, 0.5) is 24.5 Å². The van der Waals surface area contributed by atoms with E-state index >= 15 is 0 Å². The van der Waals surface area contributed by atoms with Crippen LogP contribution in [0.3, 0.4) is 0 Å². The van der Waals surface area contributed by atoms with Crippen molar-refractivity contribution in [3.05, 3.63) is 57.9 Å². The number of hydrogen-bond donors (Lipinski definition) is 2. The largest absolute Gasteiger partial charge is 0.497 e. The van der Waals surface area contributed by atoms with E-state index in [4.69, 9.17) is 9.47 Å². The average Bonchev–Trinajstić information content (AvgIpc) is 3.55. The van der Waals surface area contributed by atoms with Gasteiger partial charge >= 0.3 is 6.18 Å². The molecule has 1 saturated heterocycles. The highest BCUT2D eigenvalue weighted by molar-refractivity contribution is 5.75. The standard InChI is InChI=1S/C27H29F3N4O5/c1-38-19-11-16(12-20(14-19)39-2)24-21-6-8-32(9-10-35)25(21)26(37)34(31-24)23-13-17(33-7-5-18(36)15-33)3-4-22(23)27(28,29)30/h3-4,11-14,18,35-36H,5-10,15H2,1-2H3. The summed E-state index contributed by atoms with van der Waals surface area (Å²) < 4.78 is 54.3. The van der Waals surface area contributed by atoms with Gasteiger partial charge in [0.1, 0.15) is 17.2 Å². The highest BCUT2D eigenvalue weighted by Crippen LogP contribution is 2.39. The van der Waals surface area contributed by atoms with Crippen LogP contribution in [0.25, 0.3) is 16.9 Å². The van der Waals surface area contributed by atoms with Crippen molar-refractivity contribution < 1.29 is 32.9 Å². The first-order chi connectivity index (χ1) is 18.6. The second-order valence-electron chi connectivity index (χ2n) is 9.54. The molecule has 208 valence electrons. The highest BCUT2D eigenvalue weighted by atomic mass is 19.4. The Balaban J connectivity index is 1.79. The minimum atomic E-state index is -4.76. The van der Waals surface area contributed by atoms with E-state index in [1.807, 2.05) is 0 Å². The molecule has 0 aliphatic carbocycles. The smallest absolute Gasteiger partial charge is 0.418 e. The van der Waals surface area contributed by atoms with Crippen LogP contribution in [0.2, 0.25) is 0 Å². The van der Waals surface area contributed by atoms with Gasteiger partial charge in [0.2, 0.25) is 0 Å². The van der Waals surface area contributed by atoms with Gasteiger partial charge in [-0.25, -0.2) is 0 Å². The summed E-state index contributed by atoms with van der Waals surface area (Å²) in [4.78, 5) is 17.3. The van der Waals surface area contributed by atoms with Crippen molar-refractivity contribution in [1.29, 1.82) is 0 Å². The molecule has 2 aliphatic heterocycles. The Morgan fingerprint density at radius 1 is 1.08 bits per heavy atom. The van der Waals surface area contributed by atoms with E-state index < -0.39 is 29.1 Å². The zero-order valence-corrected chi connectivity index (χ0v) is 21.5. The van der Waals surface area contributed by atoms with Gasteiger partial charge in [-0.05, 0) is 43.2 Å². The van der Waals surface area contributed by atoms with Crippen LogP contribution in [0.1, 0.15) is 17.5 Å². The van der Waals surface area contributed by atoms with Crippen molar-refractivity contribution in [1.82, 2.24) is 9.78 Å². The van der Waals surface area contributed by atoms with E-state index in [-0.39, 0.29) is 25.4 Å². The Morgan fingerprint density at radius 2 is 1.79 bits per heavy atom. The van der Waals surface area contributed by atoms with Crippen molar-refractivity contribution in [3.8, 4) is 28.4 Å². The number of anilines is 2. The fourth-order valence-corrected chi connectivity index (χ4v) is 5.26. The van der Waals surface area contributed by atoms with Crippen molar-refractivity contribution in [3.63, 3.8) is 0 Å². The van der Waals surface area contributed by atoms with Gasteiger partial charge in [-0.1, -0.05) is 0 Å². The molecule has 0 saturated carbocycles. The lowest BCUT2D eigenvalue weighted by atomic mass is 10.0. The highest BCUT2D eigenvalue weighted by Gasteiger charge is 2.37. The Bertz CT molecular complexity index is 1420. The monoisotopic (exact) mass is 546 g/mol. The minimum Gasteiger partial charge on any atom is -0.497 e. The summed E-state index contributed by atoms with van der Waals surface area (Å²) in [5, 5.41) is 24.1. The lowest BCUT2D eigenvalue weighted by molar-refractivity contribution is -0.137. The fourth-order valence-electron chi connectivity index (χ4n) is 5.26. The number of aromatic nitrogens is 2. The average molecular weight is 547 g/mol. The molecule has 2 N–H and O–H groups in total. The predicted molar refractivity (Wildman–Crippen MR) is 139 cm³/mol. The van der Waals surface area contributed by atoms with Gasteiger partial charge in [0.05, 0.1) is 43.9 Å². The van der Waals surface area contributed by atoms with Crippen LogP contribution >= 0.6 is 0 Å². The van der Waals surface area contributed by atoms with Gasteiger partial charge in [-0.2, -0.15) is 23.0 Å². The Morgan fingerprint density at radius 3 is 2.38 bits per heavy atom. The number of hydrogen-bond acceptors (Lipinski definition) is 8. The van der Waals surface area contributed by atoms with Crippen LogP contribution in [0, 0.1) is 0 Å². The summed E-state index contributed by atoms with van der Waals surface area (Å²) in [6.45, 7) is 1.06. The second-order valence-corrected chi connectivity index (χ2v) is 9.54. The molecule has 2 aromatic carbocycles. The first kappa shape index (κ1) is 26.8. The molecule has 0 spiro atoms. The third kappa shape index (κ3) is 5.01. The zero-order valence-electron chi connectivity index (χ0n) is 21.5. The maximum Gasteiger partial charge on any atom is 0.418 e. The molecule has 0 amide bonds. The summed E-state index contributed by atoms with van der Waals surface area (Å²) in [5.74, 6) is 0.905. The normalized spacial score (nSPS) is 17.1. The molecule has 2 aliphatic rings. The molecule has 1 unspecified atom stereocenters. The van der Waals surface area contributed by atoms with Crippen LogP contribution in [0.5, 0.6) is 11.5 Å². The van der Waals surface area contributed by atoms with E-state index in [2.05, 4.69) is 5.10 Å². The van der Waals surface area contributed by atoms with E-state index in [1.165, 1.54) is 26.4 Å². The fraction of sp³-hybridized carbons (Fsp3) is 0.407. The van der Waals surface area contributed by atoms with Crippen molar-refractivity contribution in [2.24, 2.45) is 0 Å². The van der Waals surface area contributed by atoms with Gasteiger partial charge in [-0.15, -0.1) is 0 Å². The van der Waals surface area contributed by atoms with Crippen molar-refractivity contribution >= 4 is 11.4 Å². The lowest BCUT2D eigenvalue weighted by Crippen LogP contribution is -2.33. The number of halogens is 3.